The fourth-order valence-corrected chi connectivity index (χ4v) is 16.7. The Kier molecular flexibility index (Phi) is 4.90. The molecule has 1 aliphatic rings. The van der Waals surface area contributed by atoms with Crippen LogP contribution in [0.25, 0.3) is 0 Å². The third-order valence-corrected chi connectivity index (χ3v) is 14.2. The van der Waals surface area contributed by atoms with Crippen molar-refractivity contribution < 1.29 is 18.9 Å². The Hall–Kier alpha value is 0.211. The molecule has 2 rings (SSSR count). The zero-order chi connectivity index (χ0) is 11.8. The molecule has 1 saturated heterocycles. The van der Waals surface area contributed by atoms with Crippen molar-refractivity contribution in [2.75, 3.05) is 0 Å². The summed E-state index contributed by atoms with van der Waals surface area (Å²) in [6.07, 6.45) is 0. The predicted molar refractivity (Wildman–Crippen MR) is 75.4 cm³/mol. The van der Waals surface area contributed by atoms with Crippen LogP contribution in [0, 0.1) is 6.07 Å². The minimum atomic E-state index is -1.11. The first-order valence-electron chi connectivity index (χ1n) is 6.15. The molecule has 0 saturated carbocycles. The summed E-state index contributed by atoms with van der Waals surface area (Å²) in [4.78, 5) is 0. The smallest absolute Gasteiger partial charge is 0.352 e. The summed E-state index contributed by atoms with van der Waals surface area (Å²) in [5.74, 6) is 0. The third-order valence-electron chi connectivity index (χ3n) is 3.92. The van der Waals surface area contributed by atoms with Crippen LogP contribution < -0.4 is 18.9 Å². The van der Waals surface area contributed by atoms with Crippen LogP contribution in [0.4, 0.5) is 0 Å². The van der Waals surface area contributed by atoms with Crippen LogP contribution in [0.1, 0.15) is 5.56 Å². The maximum Gasteiger partial charge on any atom is 1.00 e. The fraction of sp³-hybridized carbons (Fsp3) is 0.538. The molecule has 0 radical (unpaired) electrons. The Bertz CT molecular complexity index is 349. The van der Waals surface area contributed by atoms with E-state index in [9.17, 15) is 0 Å². The average Bonchev–Trinajstić information content (AvgIpc) is 2.43. The van der Waals surface area contributed by atoms with E-state index < -0.39 is 16.5 Å². The maximum atomic E-state index is 3.19. The topological polar surface area (TPSA) is 3.24 Å². The molecular weight excluding hydrogens is 233 g/mol. The van der Waals surface area contributed by atoms with Gasteiger partial charge in [0.2, 0.25) is 0 Å². The monoisotopic (exact) mass is 255 g/mol. The maximum absolute atomic E-state index is 3.19. The van der Waals surface area contributed by atoms with Crippen molar-refractivity contribution in [1.82, 2.24) is 4.23 Å². The van der Waals surface area contributed by atoms with E-state index in [4.69, 9.17) is 0 Å². The Morgan fingerprint density at radius 3 is 2.24 bits per heavy atom. The predicted octanol–water partition coefficient (Wildman–Crippen LogP) is 0.717. The van der Waals surface area contributed by atoms with E-state index >= 15 is 0 Å². The SMILES string of the molecule is C[Si]1(C)CC[Si](C)(C)N1Cc1c[c-]ccc1.[Li+]. The second-order valence-electron chi connectivity index (χ2n) is 6.12. The van der Waals surface area contributed by atoms with Gasteiger partial charge in [-0.15, -0.1) is 5.56 Å². The van der Waals surface area contributed by atoms with Gasteiger partial charge in [-0.25, -0.2) is 0 Å². The third kappa shape index (κ3) is 3.36. The molecule has 1 aromatic carbocycles. The Morgan fingerprint density at radius 2 is 1.76 bits per heavy atom. The quantitative estimate of drug-likeness (QED) is 0.556. The van der Waals surface area contributed by atoms with E-state index in [2.05, 4.69) is 54.7 Å². The molecule has 4 heteroatoms. The Labute approximate surface area is 120 Å². The molecule has 0 bridgehead atoms. The van der Waals surface area contributed by atoms with E-state index in [1.165, 1.54) is 17.7 Å². The summed E-state index contributed by atoms with van der Waals surface area (Å²) < 4.78 is 2.91. The van der Waals surface area contributed by atoms with Crippen molar-refractivity contribution in [2.24, 2.45) is 0 Å². The van der Waals surface area contributed by atoms with Crippen molar-refractivity contribution >= 4 is 16.5 Å². The van der Waals surface area contributed by atoms with E-state index in [0.717, 1.165) is 6.54 Å². The molecule has 0 aromatic heterocycles. The van der Waals surface area contributed by atoms with Gasteiger partial charge in [-0.1, -0.05) is 26.2 Å². The molecule has 1 heterocycles. The molecule has 0 spiro atoms. The van der Waals surface area contributed by atoms with Crippen LogP contribution in [0.2, 0.25) is 38.3 Å². The van der Waals surface area contributed by atoms with Gasteiger partial charge in [0.25, 0.3) is 0 Å². The number of benzene rings is 1. The van der Waals surface area contributed by atoms with Crippen LogP contribution in [0.5, 0.6) is 0 Å². The van der Waals surface area contributed by atoms with Gasteiger partial charge in [-0.05, 0) is 18.6 Å². The fourth-order valence-electron chi connectivity index (χ4n) is 2.84. The van der Waals surface area contributed by atoms with Crippen molar-refractivity contribution in [1.29, 1.82) is 0 Å². The zero-order valence-corrected chi connectivity index (χ0v) is 13.9. The average molecular weight is 255 g/mol. The van der Waals surface area contributed by atoms with Gasteiger partial charge in [0.15, 0.2) is 0 Å². The summed E-state index contributed by atoms with van der Waals surface area (Å²) in [6.45, 7) is 11.3. The summed E-state index contributed by atoms with van der Waals surface area (Å²) >= 11 is 0. The number of hydrogen-bond acceptors (Lipinski definition) is 1. The summed E-state index contributed by atoms with van der Waals surface area (Å²) in [5.41, 5.74) is 1.44. The van der Waals surface area contributed by atoms with Gasteiger partial charge < -0.3 is 4.23 Å². The molecule has 1 nitrogen and oxygen atoms in total. The summed E-state index contributed by atoms with van der Waals surface area (Å²) in [6, 6.07) is 14.6. The largest absolute Gasteiger partial charge is 1.00 e. The first-order chi connectivity index (χ1) is 7.42. The second-order valence-corrected chi connectivity index (χ2v) is 15.9. The molecule has 1 aromatic rings. The summed E-state index contributed by atoms with van der Waals surface area (Å²) in [7, 11) is -2.21. The first kappa shape index (κ1) is 15.3. The Balaban J connectivity index is 0.00000144. The zero-order valence-electron chi connectivity index (χ0n) is 11.9. The van der Waals surface area contributed by atoms with Crippen LogP contribution in [-0.4, -0.2) is 20.7 Å². The summed E-state index contributed by atoms with van der Waals surface area (Å²) in [5, 5.41) is 0. The van der Waals surface area contributed by atoms with E-state index in [1.807, 2.05) is 6.07 Å². The molecule has 0 atom stereocenters. The second kappa shape index (κ2) is 5.46. The Morgan fingerprint density at radius 1 is 1.18 bits per heavy atom. The standard InChI is InChI=1S/C13H22NSi2.Li/c1-15(2)10-11-16(3,4)14(15)12-13-8-6-5-7-9-13;/h5-6,8-9H,10-12H2,1-4H3;/q-1;+1. The first-order valence-corrected chi connectivity index (χ1v) is 12.5. The van der Waals surface area contributed by atoms with Crippen LogP contribution in [0.3, 0.4) is 0 Å². The van der Waals surface area contributed by atoms with Crippen molar-refractivity contribution in [3.8, 4) is 0 Å². The van der Waals surface area contributed by atoms with Gasteiger partial charge in [-0.2, -0.15) is 30.3 Å². The molecule has 0 amide bonds. The molecule has 88 valence electrons. The van der Waals surface area contributed by atoms with Gasteiger partial charge >= 0.3 is 18.9 Å². The number of hydrogen-bond donors (Lipinski definition) is 0. The van der Waals surface area contributed by atoms with Crippen LogP contribution in [0.15, 0.2) is 24.3 Å². The van der Waals surface area contributed by atoms with E-state index in [1.54, 1.807) is 0 Å². The van der Waals surface area contributed by atoms with Crippen molar-refractivity contribution in [3.63, 3.8) is 0 Å². The van der Waals surface area contributed by atoms with E-state index in [-0.39, 0.29) is 18.9 Å². The minimum absolute atomic E-state index is 0. The number of nitrogens with zero attached hydrogens (tertiary/aromatic N) is 1. The van der Waals surface area contributed by atoms with Crippen molar-refractivity contribution in [3.05, 3.63) is 35.9 Å². The van der Waals surface area contributed by atoms with Gasteiger partial charge in [0, 0.05) is 0 Å². The molecule has 17 heavy (non-hydrogen) atoms. The molecular formula is C13H22LiNSi2. The molecule has 0 aliphatic carbocycles. The van der Waals surface area contributed by atoms with Gasteiger partial charge in [-0.3, -0.25) is 0 Å². The van der Waals surface area contributed by atoms with Crippen LogP contribution >= 0.6 is 0 Å². The normalized spacial score (nSPS) is 22.1. The van der Waals surface area contributed by atoms with Crippen LogP contribution in [-0.2, 0) is 6.54 Å². The van der Waals surface area contributed by atoms with Crippen molar-refractivity contribution in [2.45, 2.75) is 44.8 Å². The molecule has 0 unspecified atom stereocenters. The number of rotatable bonds is 2. The molecule has 1 fully saturated rings. The van der Waals surface area contributed by atoms with Gasteiger partial charge in [0.1, 0.15) is 16.5 Å². The molecule has 1 aliphatic heterocycles. The van der Waals surface area contributed by atoms with Gasteiger partial charge in [0.05, 0.1) is 0 Å². The molecule has 0 N–H and O–H groups in total. The minimum Gasteiger partial charge on any atom is -0.352 e. The van der Waals surface area contributed by atoms with E-state index in [0.29, 0.717) is 0 Å².